The van der Waals surface area contributed by atoms with Gasteiger partial charge in [0, 0.05) is 25.8 Å². The van der Waals surface area contributed by atoms with Crippen molar-refractivity contribution in [3.8, 4) is 22.9 Å². The Balaban J connectivity index is 2.08. The molecular weight excluding hydrogens is 475 g/mol. The van der Waals surface area contributed by atoms with Gasteiger partial charge < -0.3 is 9.80 Å². The van der Waals surface area contributed by atoms with E-state index < -0.39 is 17.1 Å². The van der Waals surface area contributed by atoms with Crippen molar-refractivity contribution >= 4 is 23.3 Å². The number of carbonyl (C=O) groups excluding carboxylic acids is 1. The number of hydrogen-bond acceptors (Lipinski definition) is 6. The number of nitriles is 1. The predicted octanol–water partition coefficient (Wildman–Crippen LogP) is 2.35. The van der Waals surface area contributed by atoms with Gasteiger partial charge in [-0.05, 0) is 43.2 Å². The first-order valence-electron chi connectivity index (χ1n) is 10.9. The lowest BCUT2D eigenvalue weighted by molar-refractivity contribution is -0.130. The Labute approximate surface area is 205 Å². The minimum absolute atomic E-state index is 0.0287. The van der Waals surface area contributed by atoms with Crippen LogP contribution in [-0.4, -0.2) is 51.1 Å². The van der Waals surface area contributed by atoms with E-state index >= 15 is 0 Å². The van der Waals surface area contributed by atoms with E-state index in [2.05, 4.69) is 4.98 Å². The topological polar surface area (TPSA) is 104 Å². The summed E-state index contributed by atoms with van der Waals surface area (Å²) in [5, 5.41) is 9.34. The van der Waals surface area contributed by atoms with Gasteiger partial charge in [-0.25, -0.2) is 13.8 Å². The third-order valence-electron chi connectivity index (χ3n) is 5.87. The van der Waals surface area contributed by atoms with Crippen LogP contribution in [0.4, 0.5) is 10.2 Å². The van der Waals surface area contributed by atoms with Crippen molar-refractivity contribution in [1.82, 2.24) is 19.0 Å². The van der Waals surface area contributed by atoms with Gasteiger partial charge in [-0.3, -0.25) is 19.1 Å². The molecule has 0 saturated carbocycles. The fraction of sp³-hybridized carbons (Fsp3) is 0.292. The first kappa shape index (κ1) is 24.2. The van der Waals surface area contributed by atoms with Gasteiger partial charge in [0.15, 0.2) is 0 Å². The van der Waals surface area contributed by atoms with Gasteiger partial charge >= 0.3 is 5.69 Å². The molecule has 11 heteroatoms. The maximum absolute atomic E-state index is 14.0. The molecule has 0 spiro atoms. The molecule has 4 rings (SSSR count). The maximum Gasteiger partial charge on any atom is 0.338 e. The fourth-order valence-electron chi connectivity index (χ4n) is 4.20. The maximum atomic E-state index is 14.0. The molecule has 1 aliphatic heterocycles. The molecule has 1 aliphatic rings. The molecule has 3 heterocycles. The van der Waals surface area contributed by atoms with E-state index in [-0.39, 0.29) is 46.7 Å². The summed E-state index contributed by atoms with van der Waals surface area (Å²) in [6.45, 7) is 4.41. The molecule has 0 unspecified atom stereocenters. The number of aromatic nitrogens is 3. The second-order valence-electron chi connectivity index (χ2n) is 8.11. The van der Waals surface area contributed by atoms with Crippen molar-refractivity contribution in [2.75, 3.05) is 31.1 Å². The summed E-state index contributed by atoms with van der Waals surface area (Å²) in [5.41, 5.74) is -0.221. The Bertz CT molecular complexity index is 1480. The molecule has 2 aromatic heterocycles. The molecule has 180 valence electrons. The van der Waals surface area contributed by atoms with Crippen molar-refractivity contribution in [2.24, 2.45) is 0 Å². The van der Waals surface area contributed by atoms with Crippen molar-refractivity contribution in [1.29, 1.82) is 5.26 Å². The molecule has 3 aromatic rings. The van der Waals surface area contributed by atoms with Gasteiger partial charge in [0.1, 0.15) is 18.2 Å². The van der Waals surface area contributed by atoms with E-state index in [9.17, 15) is 24.0 Å². The van der Waals surface area contributed by atoms with Gasteiger partial charge in [0.05, 0.1) is 35.1 Å². The lowest BCUT2D eigenvalue weighted by atomic mass is 10.1. The highest BCUT2D eigenvalue weighted by Gasteiger charge is 2.30. The average molecular weight is 497 g/mol. The lowest BCUT2D eigenvalue weighted by Crippen LogP contribution is -2.53. The van der Waals surface area contributed by atoms with Gasteiger partial charge in [-0.1, -0.05) is 17.7 Å². The van der Waals surface area contributed by atoms with Crippen LogP contribution >= 0.6 is 11.6 Å². The average Bonchev–Trinajstić information content (AvgIpc) is 2.82. The number of pyridine rings is 1. The Morgan fingerprint density at radius 1 is 1.17 bits per heavy atom. The van der Waals surface area contributed by atoms with Crippen LogP contribution in [0, 0.1) is 24.1 Å². The predicted molar refractivity (Wildman–Crippen MR) is 129 cm³/mol. The summed E-state index contributed by atoms with van der Waals surface area (Å²) in [4.78, 5) is 47.5. The van der Waals surface area contributed by atoms with Gasteiger partial charge in [0.25, 0.3) is 5.56 Å². The zero-order chi connectivity index (χ0) is 25.3. The number of piperazine rings is 1. The normalized spacial score (nSPS) is 13.7. The SMILES string of the molecule is CCN1CCN(c2c(-c3ccc(F)c(Cl)c3)c(=O)n(-c3cncc(C)c3)c(=O)n2CC#N)CC1=O. The molecule has 1 aromatic carbocycles. The molecule has 1 saturated heterocycles. The molecule has 1 fully saturated rings. The molecule has 0 atom stereocenters. The van der Waals surface area contributed by atoms with Crippen LogP contribution in [0.3, 0.4) is 0 Å². The summed E-state index contributed by atoms with van der Waals surface area (Å²) in [5.74, 6) is -0.729. The minimum atomic E-state index is -0.749. The highest BCUT2D eigenvalue weighted by molar-refractivity contribution is 6.31. The van der Waals surface area contributed by atoms with Crippen LogP contribution in [0.25, 0.3) is 16.8 Å². The summed E-state index contributed by atoms with van der Waals surface area (Å²) in [6, 6.07) is 7.39. The molecule has 0 radical (unpaired) electrons. The number of amides is 1. The highest BCUT2D eigenvalue weighted by atomic mass is 35.5. The Kier molecular flexibility index (Phi) is 6.71. The van der Waals surface area contributed by atoms with E-state index in [0.717, 1.165) is 20.8 Å². The zero-order valence-corrected chi connectivity index (χ0v) is 19.9. The van der Waals surface area contributed by atoms with Crippen LogP contribution in [0.1, 0.15) is 12.5 Å². The van der Waals surface area contributed by atoms with Crippen molar-refractivity contribution in [3.05, 3.63) is 73.9 Å². The summed E-state index contributed by atoms with van der Waals surface area (Å²) in [7, 11) is 0. The highest BCUT2D eigenvalue weighted by Crippen LogP contribution is 2.31. The first-order valence-corrected chi connectivity index (χ1v) is 11.3. The molecule has 0 bridgehead atoms. The van der Waals surface area contributed by atoms with Gasteiger partial charge in [0.2, 0.25) is 5.91 Å². The second kappa shape index (κ2) is 9.72. The number of halogens is 2. The largest absolute Gasteiger partial charge is 0.346 e. The molecule has 1 amide bonds. The molecule has 35 heavy (non-hydrogen) atoms. The standard InChI is InChI=1S/C24H22ClFN6O3/c1-3-29-8-9-30(14-20(29)33)22-21(16-4-5-19(26)18(25)11-16)23(34)32(24(35)31(22)7-6-27)17-10-15(2)12-28-13-17/h4-5,10-13H,3,7-9,14H2,1-2H3. The monoisotopic (exact) mass is 496 g/mol. The van der Waals surface area contributed by atoms with E-state index in [1.54, 1.807) is 29.0 Å². The van der Waals surface area contributed by atoms with Crippen molar-refractivity contribution in [3.63, 3.8) is 0 Å². The fourth-order valence-corrected chi connectivity index (χ4v) is 4.38. The zero-order valence-electron chi connectivity index (χ0n) is 19.2. The third kappa shape index (κ3) is 4.42. The summed E-state index contributed by atoms with van der Waals surface area (Å²) in [6.07, 6.45) is 2.95. The smallest absolute Gasteiger partial charge is 0.338 e. The minimum Gasteiger partial charge on any atom is -0.346 e. The molecule has 9 nitrogen and oxygen atoms in total. The quantitative estimate of drug-likeness (QED) is 0.537. The lowest BCUT2D eigenvalue weighted by Gasteiger charge is -2.36. The number of hydrogen-bond donors (Lipinski definition) is 0. The van der Waals surface area contributed by atoms with Crippen LogP contribution in [0.15, 0.2) is 46.2 Å². The van der Waals surface area contributed by atoms with Crippen LogP contribution in [-0.2, 0) is 11.3 Å². The summed E-state index contributed by atoms with van der Waals surface area (Å²) >= 11 is 6.04. The third-order valence-corrected chi connectivity index (χ3v) is 6.16. The van der Waals surface area contributed by atoms with Crippen LogP contribution in [0.2, 0.25) is 5.02 Å². The van der Waals surface area contributed by atoms with Crippen molar-refractivity contribution in [2.45, 2.75) is 20.4 Å². The number of rotatable bonds is 5. The van der Waals surface area contributed by atoms with E-state index in [4.69, 9.17) is 11.6 Å². The second-order valence-corrected chi connectivity index (χ2v) is 8.52. The molecule has 0 aliphatic carbocycles. The Morgan fingerprint density at radius 3 is 2.57 bits per heavy atom. The van der Waals surface area contributed by atoms with Gasteiger partial charge in [-0.2, -0.15) is 5.26 Å². The molecular formula is C24H22ClFN6O3. The molecule has 0 N–H and O–H groups in total. The Hall–Kier alpha value is -3.97. The van der Waals surface area contributed by atoms with Gasteiger partial charge in [-0.15, -0.1) is 0 Å². The van der Waals surface area contributed by atoms with Crippen LogP contribution < -0.4 is 16.1 Å². The van der Waals surface area contributed by atoms with E-state index in [1.165, 1.54) is 18.3 Å². The number of anilines is 1. The first-order chi connectivity index (χ1) is 16.8. The number of carbonyl (C=O) groups is 1. The van der Waals surface area contributed by atoms with Crippen LogP contribution in [0.5, 0.6) is 0 Å². The van der Waals surface area contributed by atoms with E-state index in [0.29, 0.717) is 19.6 Å². The summed E-state index contributed by atoms with van der Waals surface area (Å²) < 4.78 is 16.1. The number of likely N-dealkylation sites (N-methyl/N-ethyl adjacent to an activating group) is 1. The number of aryl methyl sites for hydroxylation is 1. The number of nitrogens with zero attached hydrogens (tertiary/aromatic N) is 6. The number of benzene rings is 1. The Morgan fingerprint density at radius 2 is 1.94 bits per heavy atom. The van der Waals surface area contributed by atoms with E-state index in [1.807, 2.05) is 13.0 Å². The van der Waals surface area contributed by atoms with Crippen molar-refractivity contribution < 1.29 is 9.18 Å².